The summed E-state index contributed by atoms with van der Waals surface area (Å²) in [4.78, 5) is 29.2. The van der Waals surface area contributed by atoms with Gasteiger partial charge in [0.15, 0.2) is 0 Å². The van der Waals surface area contributed by atoms with E-state index in [1.54, 1.807) is 14.0 Å². The Hall–Kier alpha value is -2.11. The van der Waals surface area contributed by atoms with Gasteiger partial charge in [-0.05, 0) is 25.2 Å². The molecule has 2 aromatic heterocycles. The van der Waals surface area contributed by atoms with Gasteiger partial charge in [0, 0.05) is 13.1 Å². The third-order valence-electron chi connectivity index (χ3n) is 5.20. The SMILES string of the molecule is Cc1oc2ncn(C)c(=O)c2c1C(=O)NC1CCCC(C)C1C. The van der Waals surface area contributed by atoms with Crippen molar-refractivity contribution in [3.05, 3.63) is 28.0 Å². The number of carbonyl (C=O) groups excluding carboxylic acids is 1. The molecule has 0 radical (unpaired) electrons. The summed E-state index contributed by atoms with van der Waals surface area (Å²) in [6.45, 7) is 6.10. The summed E-state index contributed by atoms with van der Waals surface area (Å²) < 4.78 is 6.87. The van der Waals surface area contributed by atoms with E-state index in [1.807, 2.05) is 0 Å². The van der Waals surface area contributed by atoms with Crippen molar-refractivity contribution in [2.45, 2.75) is 46.1 Å². The van der Waals surface area contributed by atoms with Crippen LogP contribution >= 0.6 is 0 Å². The molecule has 6 nitrogen and oxygen atoms in total. The smallest absolute Gasteiger partial charge is 0.265 e. The van der Waals surface area contributed by atoms with Gasteiger partial charge in [0.05, 0.1) is 5.56 Å². The molecule has 1 aliphatic carbocycles. The Labute approximate surface area is 134 Å². The van der Waals surface area contributed by atoms with Gasteiger partial charge in [0.1, 0.15) is 17.5 Å². The quantitative estimate of drug-likeness (QED) is 0.922. The highest BCUT2D eigenvalue weighted by molar-refractivity contribution is 6.06. The van der Waals surface area contributed by atoms with Crippen molar-refractivity contribution in [2.24, 2.45) is 18.9 Å². The first-order valence-electron chi connectivity index (χ1n) is 8.15. The van der Waals surface area contributed by atoms with Crippen LogP contribution in [-0.2, 0) is 7.05 Å². The van der Waals surface area contributed by atoms with E-state index >= 15 is 0 Å². The second-order valence-electron chi connectivity index (χ2n) is 6.72. The van der Waals surface area contributed by atoms with Gasteiger partial charge in [-0.2, -0.15) is 0 Å². The zero-order valence-electron chi connectivity index (χ0n) is 14.0. The predicted molar refractivity (Wildman–Crippen MR) is 87.4 cm³/mol. The van der Waals surface area contributed by atoms with E-state index in [0.717, 1.165) is 12.8 Å². The van der Waals surface area contributed by atoms with Crippen LogP contribution in [0.25, 0.3) is 11.1 Å². The molecule has 0 saturated heterocycles. The zero-order valence-corrected chi connectivity index (χ0v) is 14.0. The molecule has 0 aliphatic heterocycles. The highest BCUT2D eigenvalue weighted by atomic mass is 16.3. The zero-order chi connectivity index (χ0) is 16.7. The van der Waals surface area contributed by atoms with Crippen LogP contribution in [0.5, 0.6) is 0 Å². The molecule has 0 bridgehead atoms. The standard InChI is InChI=1S/C17H23N3O3/c1-9-6-5-7-12(10(9)2)19-15(21)13-11(3)23-16-14(13)17(22)20(4)8-18-16/h8-10,12H,5-7H2,1-4H3,(H,19,21). The van der Waals surface area contributed by atoms with Gasteiger partial charge < -0.3 is 14.3 Å². The average molecular weight is 317 g/mol. The van der Waals surface area contributed by atoms with Gasteiger partial charge in [-0.1, -0.05) is 26.7 Å². The van der Waals surface area contributed by atoms with Crippen LogP contribution in [0.15, 0.2) is 15.5 Å². The van der Waals surface area contributed by atoms with Crippen molar-refractivity contribution in [3.63, 3.8) is 0 Å². The topological polar surface area (TPSA) is 77.1 Å². The highest BCUT2D eigenvalue weighted by Gasteiger charge is 2.30. The first-order valence-corrected chi connectivity index (χ1v) is 8.15. The molecular weight excluding hydrogens is 294 g/mol. The van der Waals surface area contributed by atoms with Crippen LogP contribution in [0.4, 0.5) is 0 Å². The molecule has 1 saturated carbocycles. The van der Waals surface area contributed by atoms with Crippen molar-refractivity contribution in [2.75, 3.05) is 0 Å². The third kappa shape index (κ3) is 2.66. The molecule has 3 atom stereocenters. The third-order valence-corrected chi connectivity index (χ3v) is 5.20. The first-order chi connectivity index (χ1) is 10.9. The molecule has 1 N–H and O–H groups in total. The normalized spacial score (nSPS) is 24.8. The maximum absolute atomic E-state index is 12.8. The summed E-state index contributed by atoms with van der Waals surface area (Å²) >= 11 is 0. The Bertz CT molecular complexity index is 805. The van der Waals surface area contributed by atoms with Crippen molar-refractivity contribution < 1.29 is 9.21 Å². The molecule has 23 heavy (non-hydrogen) atoms. The molecule has 0 aromatic carbocycles. The molecule has 2 heterocycles. The fraction of sp³-hybridized carbons (Fsp3) is 0.588. The Morgan fingerprint density at radius 1 is 1.39 bits per heavy atom. The number of furan rings is 1. The predicted octanol–water partition coefficient (Wildman–Crippen LogP) is 2.39. The number of fused-ring (bicyclic) bond motifs is 1. The lowest BCUT2D eigenvalue weighted by Gasteiger charge is -2.34. The van der Waals surface area contributed by atoms with Crippen LogP contribution in [-0.4, -0.2) is 21.5 Å². The van der Waals surface area contributed by atoms with E-state index in [4.69, 9.17) is 4.42 Å². The Kier molecular flexibility index (Phi) is 4.00. The summed E-state index contributed by atoms with van der Waals surface area (Å²) in [7, 11) is 1.61. The minimum absolute atomic E-state index is 0.135. The van der Waals surface area contributed by atoms with E-state index < -0.39 is 0 Å². The van der Waals surface area contributed by atoms with Crippen LogP contribution < -0.4 is 10.9 Å². The fourth-order valence-electron chi connectivity index (χ4n) is 3.49. The number of nitrogens with one attached hydrogen (secondary N) is 1. The van der Waals surface area contributed by atoms with Crippen molar-refractivity contribution in [1.29, 1.82) is 0 Å². The molecular formula is C17H23N3O3. The number of hydrogen-bond acceptors (Lipinski definition) is 4. The first kappa shape index (κ1) is 15.8. The van der Waals surface area contributed by atoms with Gasteiger partial charge in [-0.15, -0.1) is 0 Å². The lowest BCUT2D eigenvalue weighted by molar-refractivity contribution is 0.0891. The van der Waals surface area contributed by atoms with Gasteiger partial charge in [0.25, 0.3) is 11.5 Å². The average Bonchev–Trinajstić information content (AvgIpc) is 2.85. The molecule has 2 aromatic rings. The lowest BCUT2D eigenvalue weighted by atomic mass is 9.78. The van der Waals surface area contributed by atoms with E-state index in [2.05, 4.69) is 24.1 Å². The van der Waals surface area contributed by atoms with Gasteiger partial charge in [0.2, 0.25) is 5.71 Å². The summed E-state index contributed by atoms with van der Waals surface area (Å²) in [5.74, 6) is 1.21. The van der Waals surface area contributed by atoms with E-state index in [0.29, 0.717) is 23.2 Å². The number of carbonyl (C=O) groups is 1. The molecule has 124 valence electrons. The summed E-state index contributed by atoms with van der Waals surface area (Å²) in [5.41, 5.74) is 0.280. The van der Waals surface area contributed by atoms with Crippen molar-refractivity contribution in [1.82, 2.24) is 14.9 Å². The number of aromatic nitrogens is 2. The van der Waals surface area contributed by atoms with Crippen LogP contribution in [0, 0.1) is 18.8 Å². The van der Waals surface area contributed by atoms with Crippen molar-refractivity contribution in [3.8, 4) is 0 Å². The molecule has 1 fully saturated rings. The second kappa shape index (κ2) is 5.83. The van der Waals surface area contributed by atoms with Gasteiger partial charge >= 0.3 is 0 Å². The Morgan fingerprint density at radius 3 is 2.87 bits per heavy atom. The second-order valence-corrected chi connectivity index (χ2v) is 6.72. The molecule has 1 aliphatic rings. The molecule has 3 unspecified atom stereocenters. The maximum atomic E-state index is 12.8. The summed E-state index contributed by atoms with van der Waals surface area (Å²) in [5, 5.41) is 3.37. The monoisotopic (exact) mass is 317 g/mol. The minimum atomic E-state index is -0.262. The van der Waals surface area contributed by atoms with Crippen LogP contribution in [0.1, 0.15) is 49.2 Å². The van der Waals surface area contributed by atoms with E-state index in [1.165, 1.54) is 17.3 Å². The van der Waals surface area contributed by atoms with Crippen LogP contribution in [0.2, 0.25) is 0 Å². The maximum Gasteiger partial charge on any atom is 0.265 e. The summed E-state index contributed by atoms with van der Waals surface area (Å²) in [6, 6.07) is 0.135. The molecule has 1 amide bonds. The highest BCUT2D eigenvalue weighted by Crippen LogP contribution is 2.30. The lowest BCUT2D eigenvalue weighted by Crippen LogP contribution is -2.44. The molecule has 0 spiro atoms. The van der Waals surface area contributed by atoms with Crippen molar-refractivity contribution >= 4 is 17.0 Å². The number of hydrogen-bond donors (Lipinski definition) is 1. The number of aryl methyl sites for hydroxylation is 2. The molecule has 3 rings (SSSR count). The fourth-order valence-corrected chi connectivity index (χ4v) is 3.49. The number of rotatable bonds is 2. The molecule has 6 heteroatoms. The number of nitrogens with zero attached hydrogens (tertiary/aromatic N) is 2. The van der Waals surface area contributed by atoms with Gasteiger partial charge in [-0.25, -0.2) is 4.98 Å². The Morgan fingerprint density at radius 2 is 2.13 bits per heavy atom. The van der Waals surface area contributed by atoms with E-state index in [9.17, 15) is 9.59 Å². The summed E-state index contributed by atoms with van der Waals surface area (Å²) in [6.07, 6.45) is 4.69. The van der Waals surface area contributed by atoms with Crippen LogP contribution in [0.3, 0.4) is 0 Å². The number of amides is 1. The van der Waals surface area contributed by atoms with E-state index in [-0.39, 0.29) is 28.6 Å². The largest absolute Gasteiger partial charge is 0.442 e. The van der Waals surface area contributed by atoms with Gasteiger partial charge in [-0.3, -0.25) is 9.59 Å². The minimum Gasteiger partial charge on any atom is -0.442 e. The Balaban J connectivity index is 1.97.